The zero-order valence-electron chi connectivity index (χ0n) is 41.5. The summed E-state index contributed by atoms with van der Waals surface area (Å²) in [6.45, 7) is 4.29. The second-order valence-electron chi connectivity index (χ2n) is 17.5. The van der Waals surface area contributed by atoms with Gasteiger partial charge in [0.2, 0.25) is 0 Å². The molecule has 0 radical (unpaired) electrons. The number of halogens is 3. The van der Waals surface area contributed by atoms with Gasteiger partial charge >= 0.3 is 0 Å². The van der Waals surface area contributed by atoms with Crippen molar-refractivity contribution in [2.24, 2.45) is 5.73 Å². The van der Waals surface area contributed by atoms with Crippen molar-refractivity contribution in [1.82, 2.24) is 29.7 Å². The quantitative estimate of drug-likeness (QED) is 0.0415. The standard InChI is InChI=1S/C28H30ClN5O2.C17H13Cl2N3O.C11H18N2O.CH4/c1-34(2)13-14-36-23-7-3-20(4-8-23)17-32-28-25(29)16-22(18-33-28)26(35)10-6-19-5-9-24-21(15-19)11-12-31-27(24)30;18-14-8-12(9-22-16(14)19)15(23)4-2-10-1-3-13-11(7-10)5-6-21-17(13)20;1-13(2)7-8-14-11-5-3-10(9-12)4-6-11;/h3-5,7-9,11-12,15-16,18H,6,10,13-14,17H2,1-2H3,(H2,30,31)(H,32,33);1,3,5-9H,2,4H2,(H2,20,21);3-6H,7-9,12H2,1-2H3;1H4. The fourth-order valence-corrected chi connectivity index (χ4v) is 7.72. The monoisotopic (exact) mass is 1060 g/mol. The topological polar surface area (TPSA) is 201 Å². The Bertz CT molecular complexity index is 3090. The Labute approximate surface area is 449 Å². The number of ketones is 2. The summed E-state index contributed by atoms with van der Waals surface area (Å²) < 4.78 is 11.3. The Morgan fingerprint density at radius 3 is 1.46 bits per heavy atom. The number of aromatic nitrogens is 4. The number of benzene rings is 4. The van der Waals surface area contributed by atoms with Gasteiger partial charge in [-0.2, -0.15) is 0 Å². The lowest BCUT2D eigenvalue weighted by Crippen LogP contribution is -2.19. The van der Waals surface area contributed by atoms with Crippen LogP contribution in [0, 0.1) is 0 Å². The summed E-state index contributed by atoms with van der Waals surface area (Å²) in [5.74, 6) is 3.27. The maximum atomic E-state index is 12.8. The summed E-state index contributed by atoms with van der Waals surface area (Å²) in [6.07, 6.45) is 8.35. The van der Waals surface area contributed by atoms with Crippen LogP contribution in [0.3, 0.4) is 0 Å². The third-order valence-electron chi connectivity index (χ3n) is 11.4. The van der Waals surface area contributed by atoms with E-state index in [1.54, 1.807) is 30.7 Å². The van der Waals surface area contributed by atoms with Gasteiger partial charge in [-0.05, 0) is 123 Å². The van der Waals surface area contributed by atoms with Crippen LogP contribution in [0.15, 0.2) is 134 Å². The molecular weight excluding hydrogens is 995 g/mol. The Balaban J connectivity index is 0.000000227. The van der Waals surface area contributed by atoms with Crippen LogP contribution in [0.1, 0.15) is 63.2 Å². The number of nitrogens with two attached hydrogens (primary N) is 3. The van der Waals surface area contributed by atoms with E-state index in [1.165, 1.54) is 6.20 Å². The minimum atomic E-state index is -0.0228. The van der Waals surface area contributed by atoms with Crippen LogP contribution in [0.5, 0.6) is 11.5 Å². The number of aryl methyl sites for hydroxylation is 2. The zero-order valence-corrected chi connectivity index (χ0v) is 43.7. The number of likely N-dealkylation sites (N-methyl/N-ethyl adjacent to an activating group) is 2. The molecule has 4 aromatic heterocycles. The number of anilines is 3. The van der Waals surface area contributed by atoms with Crippen LogP contribution in [0.4, 0.5) is 17.5 Å². The number of ether oxygens (including phenoxy) is 2. The van der Waals surface area contributed by atoms with Crippen LogP contribution >= 0.6 is 34.8 Å². The highest BCUT2D eigenvalue weighted by Gasteiger charge is 2.13. The molecule has 4 heterocycles. The van der Waals surface area contributed by atoms with E-state index in [9.17, 15) is 9.59 Å². The number of nitrogens with one attached hydrogen (secondary N) is 1. The highest BCUT2D eigenvalue weighted by molar-refractivity contribution is 6.41. The molecule has 0 saturated heterocycles. The number of carbonyl (C=O) groups excluding carboxylic acids is 2. The minimum Gasteiger partial charge on any atom is -0.492 e. The molecule has 388 valence electrons. The number of hydrogen-bond donors (Lipinski definition) is 4. The first-order valence-corrected chi connectivity index (χ1v) is 24.7. The van der Waals surface area contributed by atoms with Crippen LogP contribution in [-0.4, -0.2) is 95.8 Å². The summed E-state index contributed by atoms with van der Waals surface area (Å²) in [5, 5.41) is 7.98. The number of nitrogen functional groups attached to an aromatic ring is 2. The number of carbonyl (C=O) groups is 2. The number of Topliss-reactive ketones (excluding diaryl/α,β-unsaturated/α-hetero) is 2. The molecule has 0 unspecified atom stereocenters. The molecule has 0 atom stereocenters. The summed E-state index contributed by atoms with van der Waals surface area (Å²) in [6, 6.07) is 34.7. The number of pyridine rings is 4. The molecule has 4 aromatic carbocycles. The molecule has 0 fully saturated rings. The second kappa shape index (κ2) is 29.1. The number of fused-ring (bicyclic) bond motifs is 2. The maximum absolute atomic E-state index is 12.8. The molecule has 0 saturated carbocycles. The largest absolute Gasteiger partial charge is 0.492 e. The third-order valence-corrected chi connectivity index (χ3v) is 12.4. The lowest BCUT2D eigenvalue weighted by Gasteiger charge is -2.12. The molecule has 8 rings (SSSR count). The van der Waals surface area contributed by atoms with Gasteiger partial charge in [-0.25, -0.2) is 19.9 Å². The van der Waals surface area contributed by atoms with E-state index in [-0.39, 0.29) is 29.2 Å². The predicted molar refractivity (Wildman–Crippen MR) is 304 cm³/mol. The van der Waals surface area contributed by atoms with Crippen molar-refractivity contribution >= 4 is 85.4 Å². The highest BCUT2D eigenvalue weighted by Crippen LogP contribution is 2.26. The van der Waals surface area contributed by atoms with Gasteiger partial charge in [0.15, 0.2) is 11.6 Å². The van der Waals surface area contributed by atoms with Crippen LogP contribution in [0.25, 0.3) is 21.5 Å². The van der Waals surface area contributed by atoms with Crippen LogP contribution in [0.2, 0.25) is 15.2 Å². The lowest BCUT2D eigenvalue weighted by atomic mass is 10.0. The highest BCUT2D eigenvalue weighted by atomic mass is 35.5. The Kier molecular flexibility index (Phi) is 22.8. The molecule has 8 aromatic rings. The first-order valence-electron chi connectivity index (χ1n) is 23.6. The smallest absolute Gasteiger partial charge is 0.164 e. The van der Waals surface area contributed by atoms with Crippen molar-refractivity contribution in [3.8, 4) is 11.5 Å². The van der Waals surface area contributed by atoms with Crippen molar-refractivity contribution in [1.29, 1.82) is 0 Å². The van der Waals surface area contributed by atoms with Gasteiger partial charge in [-0.3, -0.25) is 9.59 Å². The van der Waals surface area contributed by atoms with Crippen molar-refractivity contribution in [2.45, 2.75) is 46.2 Å². The predicted octanol–water partition coefficient (Wildman–Crippen LogP) is 11.3. The number of nitrogens with zero attached hydrogens (tertiary/aromatic N) is 6. The van der Waals surface area contributed by atoms with Gasteiger partial charge in [0.1, 0.15) is 47.3 Å². The van der Waals surface area contributed by atoms with Crippen molar-refractivity contribution in [2.75, 3.05) is 71.3 Å². The second-order valence-corrected chi connectivity index (χ2v) is 18.7. The average molecular weight is 1060 g/mol. The Hall–Kier alpha value is -6.91. The summed E-state index contributed by atoms with van der Waals surface area (Å²) in [7, 11) is 8.09. The molecule has 0 aliphatic heterocycles. The zero-order chi connectivity index (χ0) is 52.3. The van der Waals surface area contributed by atoms with E-state index in [4.69, 9.17) is 61.5 Å². The third kappa shape index (κ3) is 17.9. The molecule has 17 heteroatoms. The molecule has 0 aliphatic carbocycles. The maximum Gasteiger partial charge on any atom is 0.164 e. The van der Waals surface area contributed by atoms with Gasteiger partial charge in [-0.15, -0.1) is 0 Å². The molecule has 0 spiro atoms. The van der Waals surface area contributed by atoms with E-state index in [2.05, 4.69) is 35.1 Å². The van der Waals surface area contributed by atoms with E-state index in [0.29, 0.717) is 79.0 Å². The molecule has 74 heavy (non-hydrogen) atoms. The SMILES string of the molecule is C.CN(C)CCOc1ccc(CN)cc1.CN(C)CCOc1ccc(CNc2ncc(C(=O)CCc3ccc4c(N)nccc4c3)cc2Cl)cc1.Nc1nccc2cc(CCC(=O)c3cnc(Cl)c(Cl)c3)ccc12. The number of hydrogen-bond acceptors (Lipinski definition) is 14. The van der Waals surface area contributed by atoms with Gasteiger partial charge in [-0.1, -0.05) is 103 Å². The summed E-state index contributed by atoms with van der Waals surface area (Å²) in [5.41, 5.74) is 22.5. The Morgan fingerprint density at radius 2 is 1.01 bits per heavy atom. The van der Waals surface area contributed by atoms with E-state index in [0.717, 1.165) is 75.0 Å². The lowest BCUT2D eigenvalue weighted by molar-refractivity contribution is 0.0974. The van der Waals surface area contributed by atoms with E-state index >= 15 is 0 Å². The van der Waals surface area contributed by atoms with Crippen LogP contribution in [-0.2, 0) is 25.9 Å². The molecule has 7 N–H and O–H groups in total. The van der Waals surface area contributed by atoms with E-state index in [1.807, 2.05) is 125 Å². The summed E-state index contributed by atoms with van der Waals surface area (Å²) >= 11 is 18.1. The number of rotatable bonds is 20. The molecular formula is C57H65Cl3N10O4. The first-order chi connectivity index (χ1) is 35.1. The van der Waals surface area contributed by atoms with Gasteiger partial charge < -0.3 is 41.8 Å². The van der Waals surface area contributed by atoms with Crippen molar-refractivity contribution < 1.29 is 19.1 Å². The van der Waals surface area contributed by atoms with Gasteiger partial charge in [0.25, 0.3) is 0 Å². The molecule has 0 bridgehead atoms. The minimum absolute atomic E-state index is 0. The fourth-order valence-electron chi connectivity index (χ4n) is 7.21. The molecule has 0 aliphatic rings. The first kappa shape index (κ1) is 58.0. The van der Waals surface area contributed by atoms with Crippen LogP contribution < -0.4 is 32.0 Å². The van der Waals surface area contributed by atoms with E-state index < -0.39 is 0 Å². The Morgan fingerprint density at radius 1 is 0.568 bits per heavy atom. The van der Waals surface area contributed by atoms with Gasteiger partial charge in [0, 0.05) is 85.7 Å². The molecule has 0 amide bonds. The van der Waals surface area contributed by atoms with Crippen molar-refractivity contribution in [3.63, 3.8) is 0 Å². The van der Waals surface area contributed by atoms with Gasteiger partial charge in [0.05, 0.1) is 10.0 Å². The summed E-state index contributed by atoms with van der Waals surface area (Å²) in [4.78, 5) is 45.6. The fraction of sp³-hybridized carbons (Fsp3) is 0.263. The molecule has 14 nitrogen and oxygen atoms in total. The van der Waals surface area contributed by atoms with Crippen molar-refractivity contribution in [3.05, 3.63) is 183 Å². The normalized spacial score (nSPS) is 10.8. The average Bonchev–Trinajstić information content (AvgIpc) is 3.38.